The van der Waals surface area contributed by atoms with Crippen LogP contribution in [0.3, 0.4) is 0 Å². The van der Waals surface area contributed by atoms with Gasteiger partial charge in [0.1, 0.15) is 0 Å². The Bertz CT molecular complexity index is 410. The minimum absolute atomic E-state index is 0.376. The molecule has 1 fully saturated rings. The number of nitrogens with zero attached hydrogens (tertiary/aromatic N) is 1. The highest BCUT2D eigenvalue weighted by molar-refractivity contribution is 7.13. The van der Waals surface area contributed by atoms with Gasteiger partial charge in [-0.15, -0.1) is 11.3 Å². The van der Waals surface area contributed by atoms with Crippen molar-refractivity contribution in [3.63, 3.8) is 0 Å². The molecule has 1 aliphatic carbocycles. The van der Waals surface area contributed by atoms with Crippen LogP contribution in [0.1, 0.15) is 37.2 Å². The lowest BCUT2D eigenvalue weighted by Crippen LogP contribution is -2.20. The van der Waals surface area contributed by atoms with Gasteiger partial charge in [0.05, 0.1) is 7.11 Å². The van der Waals surface area contributed by atoms with Crippen molar-refractivity contribution in [1.82, 2.24) is 4.98 Å². The summed E-state index contributed by atoms with van der Waals surface area (Å²) in [6.45, 7) is 5.46. The summed E-state index contributed by atoms with van der Waals surface area (Å²) in [5.41, 5.74) is 0.825. The second kappa shape index (κ2) is 4.64. The maximum atomic E-state index is 11.2. The fourth-order valence-corrected chi connectivity index (χ4v) is 2.60. The number of aromatic nitrogens is 1. The largest absolute Gasteiger partial charge is 0.464 e. The van der Waals surface area contributed by atoms with E-state index in [0.717, 1.165) is 11.7 Å². The van der Waals surface area contributed by atoms with E-state index in [1.807, 2.05) is 0 Å². The SMILES string of the molecule is COC(=O)c1csc(NCC2(C(C)C)CC2)n1. The summed E-state index contributed by atoms with van der Waals surface area (Å²) in [6, 6.07) is 0. The molecule has 5 heteroatoms. The Kier molecular flexibility index (Phi) is 3.38. The average molecular weight is 254 g/mol. The Morgan fingerprint density at radius 2 is 2.35 bits per heavy atom. The molecule has 4 nitrogen and oxygen atoms in total. The number of hydrogen-bond acceptors (Lipinski definition) is 5. The molecule has 1 saturated carbocycles. The van der Waals surface area contributed by atoms with E-state index in [0.29, 0.717) is 17.0 Å². The van der Waals surface area contributed by atoms with Crippen LogP contribution in [0.2, 0.25) is 0 Å². The van der Waals surface area contributed by atoms with Crippen molar-refractivity contribution in [3.05, 3.63) is 11.1 Å². The molecule has 94 valence electrons. The van der Waals surface area contributed by atoms with Gasteiger partial charge in [-0.2, -0.15) is 0 Å². The van der Waals surface area contributed by atoms with Gasteiger partial charge in [-0.05, 0) is 24.2 Å². The van der Waals surface area contributed by atoms with E-state index in [-0.39, 0.29) is 5.97 Å². The number of methoxy groups -OCH3 is 1. The molecular formula is C12H18N2O2S. The summed E-state index contributed by atoms with van der Waals surface area (Å²) in [7, 11) is 1.37. The second-order valence-electron chi connectivity index (χ2n) is 4.90. The molecule has 0 aliphatic heterocycles. The van der Waals surface area contributed by atoms with Crippen LogP contribution in [0.4, 0.5) is 5.13 Å². The molecule has 1 heterocycles. The molecule has 0 aromatic carbocycles. The first-order valence-electron chi connectivity index (χ1n) is 5.85. The van der Waals surface area contributed by atoms with E-state index in [1.165, 1.54) is 31.3 Å². The molecule has 0 radical (unpaired) electrons. The molecule has 1 N–H and O–H groups in total. The lowest BCUT2D eigenvalue weighted by Gasteiger charge is -2.19. The van der Waals surface area contributed by atoms with Crippen LogP contribution in [0.5, 0.6) is 0 Å². The monoisotopic (exact) mass is 254 g/mol. The number of ether oxygens (including phenoxy) is 1. The fourth-order valence-electron chi connectivity index (χ4n) is 1.92. The zero-order chi connectivity index (χ0) is 12.5. The van der Waals surface area contributed by atoms with Gasteiger partial charge in [-0.3, -0.25) is 0 Å². The van der Waals surface area contributed by atoms with Crippen molar-refractivity contribution in [1.29, 1.82) is 0 Å². The number of hydrogen-bond donors (Lipinski definition) is 1. The highest BCUT2D eigenvalue weighted by Gasteiger charge is 2.45. The van der Waals surface area contributed by atoms with Gasteiger partial charge in [0.15, 0.2) is 10.8 Å². The van der Waals surface area contributed by atoms with E-state index >= 15 is 0 Å². The minimum atomic E-state index is -0.376. The fraction of sp³-hybridized carbons (Fsp3) is 0.667. The number of rotatable bonds is 5. The summed E-state index contributed by atoms with van der Waals surface area (Å²) in [4.78, 5) is 15.4. The van der Waals surface area contributed by atoms with E-state index in [9.17, 15) is 4.79 Å². The Balaban J connectivity index is 1.92. The van der Waals surface area contributed by atoms with Gasteiger partial charge in [0.2, 0.25) is 0 Å². The Morgan fingerprint density at radius 1 is 1.65 bits per heavy atom. The molecule has 2 rings (SSSR count). The molecule has 0 bridgehead atoms. The van der Waals surface area contributed by atoms with E-state index < -0.39 is 0 Å². The third-order valence-corrected chi connectivity index (χ3v) is 4.41. The van der Waals surface area contributed by atoms with Crippen molar-refractivity contribution >= 4 is 22.4 Å². The van der Waals surface area contributed by atoms with E-state index in [1.54, 1.807) is 5.38 Å². The first-order valence-corrected chi connectivity index (χ1v) is 6.73. The smallest absolute Gasteiger partial charge is 0.357 e. The standard InChI is InChI=1S/C12H18N2O2S/c1-8(2)12(4-5-12)7-13-11-14-9(6-17-11)10(15)16-3/h6,8H,4-5,7H2,1-3H3,(H,13,14). The van der Waals surface area contributed by atoms with Crippen LogP contribution in [-0.4, -0.2) is 24.6 Å². The summed E-state index contributed by atoms with van der Waals surface area (Å²) >= 11 is 1.45. The van der Waals surface area contributed by atoms with Crippen LogP contribution in [0, 0.1) is 11.3 Å². The average Bonchev–Trinajstić information content (AvgIpc) is 2.97. The maximum absolute atomic E-state index is 11.2. The van der Waals surface area contributed by atoms with Crippen LogP contribution in [-0.2, 0) is 4.74 Å². The normalized spacial score (nSPS) is 16.9. The molecular weight excluding hydrogens is 236 g/mol. The summed E-state index contributed by atoms with van der Waals surface area (Å²) in [6.07, 6.45) is 2.57. The maximum Gasteiger partial charge on any atom is 0.357 e. The molecule has 0 saturated heterocycles. The van der Waals surface area contributed by atoms with Crippen LogP contribution in [0.15, 0.2) is 5.38 Å². The van der Waals surface area contributed by atoms with Crippen molar-refractivity contribution in [2.24, 2.45) is 11.3 Å². The van der Waals surface area contributed by atoms with E-state index in [4.69, 9.17) is 0 Å². The quantitative estimate of drug-likeness (QED) is 0.821. The summed E-state index contributed by atoms with van der Waals surface area (Å²) < 4.78 is 4.62. The number of carbonyl (C=O) groups excluding carboxylic acids is 1. The first kappa shape index (κ1) is 12.4. The zero-order valence-electron chi connectivity index (χ0n) is 10.4. The third kappa shape index (κ3) is 2.60. The number of anilines is 1. The topological polar surface area (TPSA) is 51.2 Å². The summed E-state index contributed by atoms with van der Waals surface area (Å²) in [5, 5.41) is 5.86. The second-order valence-corrected chi connectivity index (χ2v) is 5.76. The highest BCUT2D eigenvalue weighted by Crippen LogP contribution is 2.51. The first-order chi connectivity index (χ1) is 8.07. The number of thiazole rings is 1. The molecule has 0 amide bonds. The predicted octanol–water partition coefficient (Wildman–Crippen LogP) is 2.78. The van der Waals surface area contributed by atoms with Crippen molar-refractivity contribution < 1.29 is 9.53 Å². The third-order valence-electron chi connectivity index (χ3n) is 3.61. The van der Waals surface area contributed by atoms with Gasteiger partial charge >= 0.3 is 5.97 Å². The van der Waals surface area contributed by atoms with E-state index in [2.05, 4.69) is 28.9 Å². The Labute approximate surface area is 105 Å². The molecule has 0 spiro atoms. The molecule has 1 aliphatic rings. The molecule has 0 atom stereocenters. The Morgan fingerprint density at radius 3 is 2.88 bits per heavy atom. The van der Waals surface area contributed by atoms with Gasteiger partial charge in [-0.1, -0.05) is 13.8 Å². The zero-order valence-corrected chi connectivity index (χ0v) is 11.3. The molecule has 1 aromatic heterocycles. The van der Waals surface area contributed by atoms with Crippen LogP contribution in [0.25, 0.3) is 0 Å². The summed E-state index contributed by atoms with van der Waals surface area (Å²) in [5.74, 6) is 0.314. The number of nitrogens with one attached hydrogen (secondary N) is 1. The lowest BCUT2D eigenvalue weighted by molar-refractivity contribution is 0.0595. The van der Waals surface area contributed by atoms with Gasteiger partial charge in [0.25, 0.3) is 0 Å². The molecule has 17 heavy (non-hydrogen) atoms. The Hall–Kier alpha value is -1.10. The van der Waals surface area contributed by atoms with Crippen LogP contribution < -0.4 is 5.32 Å². The highest BCUT2D eigenvalue weighted by atomic mass is 32.1. The molecule has 0 unspecified atom stereocenters. The van der Waals surface area contributed by atoms with Crippen molar-refractivity contribution in [2.45, 2.75) is 26.7 Å². The van der Waals surface area contributed by atoms with Gasteiger partial charge in [-0.25, -0.2) is 9.78 Å². The van der Waals surface area contributed by atoms with Gasteiger partial charge in [0, 0.05) is 11.9 Å². The molecule has 1 aromatic rings. The predicted molar refractivity (Wildman–Crippen MR) is 68.4 cm³/mol. The van der Waals surface area contributed by atoms with Gasteiger partial charge < -0.3 is 10.1 Å². The number of esters is 1. The van der Waals surface area contributed by atoms with Crippen LogP contribution >= 0.6 is 11.3 Å². The lowest BCUT2D eigenvalue weighted by atomic mass is 9.92. The van der Waals surface area contributed by atoms with Crippen molar-refractivity contribution in [2.75, 3.05) is 19.0 Å². The number of carbonyl (C=O) groups is 1. The minimum Gasteiger partial charge on any atom is -0.464 e. The van der Waals surface area contributed by atoms with Crippen molar-refractivity contribution in [3.8, 4) is 0 Å².